The maximum absolute atomic E-state index is 12.4. The average Bonchev–Trinajstić information content (AvgIpc) is 2.72. The highest BCUT2D eigenvalue weighted by Crippen LogP contribution is 2.24. The number of rotatable bonds is 7. The van der Waals surface area contributed by atoms with Gasteiger partial charge in [-0.25, -0.2) is 0 Å². The Labute approximate surface area is 177 Å². The van der Waals surface area contributed by atoms with Crippen molar-refractivity contribution in [3.05, 3.63) is 88.5 Å². The highest BCUT2D eigenvalue weighted by Gasteiger charge is 2.16. The first-order valence-electron chi connectivity index (χ1n) is 8.70. The van der Waals surface area contributed by atoms with E-state index in [1.54, 1.807) is 6.07 Å². The third-order valence-electron chi connectivity index (χ3n) is 3.90. The molecule has 3 aromatic carbocycles. The van der Waals surface area contributed by atoms with Crippen LogP contribution in [0.25, 0.3) is 0 Å². The molecule has 0 heterocycles. The van der Waals surface area contributed by atoms with Gasteiger partial charge in [0.1, 0.15) is 6.54 Å². The highest BCUT2D eigenvalue weighted by molar-refractivity contribution is 14.1. The van der Waals surface area contributed by atoms with E-state index in [1.807, 2.05) is 83.8 Å². The van der Waals surface area contributed by atoms with Crippen LogP contribution in [0.2, 0.25) is 0 Å². The lowest BCUT2D eigenvalue weighted by Gasteiger charge is -2.24. The summed E-state index contributed by atoms with van der Waals surface area (Å²) in [5, 5.41) is 2.72. The number of nitrogens with one attached hydrogen (secondary N) is 1. The van der Waals surface area contributed by atoms with E-state index in [0.29, 0.717) is 5.69 Å². The Kier molecular flexibility index (Phi) is 7.02. The fraction of sp³-hybridized carbons (Fsp3) is 0.0909. The molecule has 0 aliphatic carbocycles. The first kappa shape index (κ1) is 19.9. The van der Waals surface area contributed by atoms with E-state index in [0.717, 1.165) is 14.9 Å². The maximum atomic E-state index is 12.4. The van der Waals surface area contributed by atoms with Crippen LogP contribution in [0.15, 0.2) is 84.9 Å². The number of benzene rings is 3. The van der Waals surface area contributed by atoms with Crippen molar-refractivity contribution >= 4 is 51.5 Å². The van der Waals surface area contributed by atoms with Gasteiger partial charge in [0.15, 0.2) is 6.61 Å². The van der Waals surface area contributed by atoms with Crippen molar-refractivity contribution < 1.29 is 14.3 Å². The fourth-order valence-electron chi connectivity index (χ4n) is 2.63. The molecule has 1 amide bonds. The highest BCUT2D eigenvalue weighted by atomic mass is 127. The van der Waals surface area contributed by atoms with Gasteiger partial charge in [-0.05, 0) is 65.1 Å². The number of amides is 1. The number of para-hydroxylation sites is 2. The molecule has 0 radical (unpaired) electrons. The Hall–Kier alpha value is -2.87. The first-order valence-corrected chi connectivity index (χ1v) is 9.78. The molecule has 0 atom stereocenters. The van der Waals surface area contributed by atoms with Crippen molar-refractivity contribution in [3.63, 3.8) is 0 Å². The van der Waals surface area contributed by atoms with Gasteiger partial charge in [-0.1, -0.05) is 42.5 Å². The minimum atomic E-state index is -0.481. The van der Waals surface area contributed by atoms with E-state index in [9.17, 15) is 9.59 Å². The summed E-state index contributed by atoms with van der Waals surface area (Å²) in [4.78, 5) is 26.3. The molecule has 142 valence electrons. The lowest BCUT2D eigenvalue weighted by molar-refractivity contribution is -0.145. The van der Waals surface area contributed by atoms with Crippen LogP contribution in [0.1, 0.15) is 0 Å². The maximum Gasteiger partial charge on any atom is 0.326 e. The number of carbonyl (C=O) groups is 2. The molecule has 0 unspecified atom stereocenters. The largest absolute Gasteiger partial charge is 0.454 e. The summed E-state index contributed by atoms with van der Waals surface area (Å²) in [6.07, 6.45) is 0. The summed E-state index contributed by atoms with van der Waals surface area (Å²) in [6.45, 7) is -0.327. The van der Waals surface area contributed by atoms with Crippen molar-refractivity contribution in [2.75, 3.05) is 23.4 Å². The van der Waals surface area contributed by atoms with Crippen molar-refractivity contribution in [3.8, 4) is 0 Å². The summed E-state index contributed by atoms with van der Waals surface area (Å²) in [7, 11) is 0. The molecule has 5 nitrogen and oxygen atoms in total. The normalized spacial score (nSPS) is 10.2. The zero-order valence-electron chi connectivity index (χ0n) is 15.0. The van der Waals surface area contributed by atoms with Crippen molar-refractivity contribution in [2.24, 2.45) is 0 Å². The minimum Gasteiger partial charge on any atom is -0.454 e. The van der Waals surface area contributed by atoms with E-state index in [2.05, 4.69) is 27.9 Å². The second-order valence-corrected chi connectivity index (χ2v) is 7.22. The monoisotopic (exact) mass is 486 g/mol. The second-order valence-electron chi connectivity index (χ2n) is 5.98. The number of nitrogens with zero attached hydrogens (tertiary/aromatic N) is 1. The number of carbonyl (C=O) groups excluding carboxylic acids is 2. The van der Waals surface area contributed by atoms with Crippen LogP contribution in [0, 0.1) is 3.57 Å². The van der Waals surface area contributed by atoms with Gasteiger partial charge in [0, 0.05) is 20.6 Å². The van der Waals surface area contributed by atoms with E-state index >= 15 is 0 Å². The molecule has 0 bridgehead atoms. The molecule has 1 N–H and O–H groups in total. The number of anilines is 3. The molecular formula is C22H19IN2O3. The minimum absolute atomic E-state index is 0.00451. The molecule has 28 heavy (non-hydrogen) atoms. The van der Waals surface area contributed by atoms with Crippen molar-refractivity contribution in [1.82, 2.24) is 0 Å². The molecule has 0 saturated heterocycles. The average molecular weight is 486 g/mol. The smallest absolute Gasteiger partial charge is 0.326 e. The molecule has 3 aromatic rings. The Bertz CT molecular complexity index is 893. The Morgan fingerprint density at radius 2 is 1.46 bits per heavy atom. The fourth-order valence-corrected chi connectivity index (χ4v) is 3.17. The van der Waals surface area contributed by atoms with Crippen LogP contribution in [-0.2, 0) is 14.3 Å². The van der Waals surface area contributed by atoms with E-state index in [-0.39, 0.29) is 19.1 Å². The van der Waals surface area contributed by atoms with Crippen LogP contribution in [0.5, 0.6) is 0 Å². The van der Waals surface area contributed by atoms with Gasteiger partial charge in [-0.2, -0.15) is 0 Å². The number of halogens is 1. The zero-order chi connectivity index (χ0) is 19.8. The molecule has 3 rings (SSSR count). The zero-order valence-corrected chi connectivity index (χ0v) is 17.2. The first-order chi connectivity index (χ1) is 13.6. The molecule has 0 saturated carbocycles. The van der Waals surface area contributed by atoms with Crippen LogP contribution in [0.4, 0.5) is 17.1 Å². The van der Waals surface area contributed by atoms with Gasteiger partial charge in [0.25, 0.3) is 5.91 Å². The second kappa shape index (κ2) is 9.89. The van der Waals surface area contributed by atoms with Crippen molar-refractivity contribution in [1.29, 1.82) is 0 Å². The van der Waals surface area contributed by atoms with E-state index in [4.69, 9.17) is 4.74 Å². The molecule has 6 heteroatoms. The standard InChI is InChI=1S/C22H19IN2O3/c23-17-8-7-9-18(14-17)24-21(26)16-28-22(27)15-25(19-10-3-1-4-11-19)20-12-5-2-6-13-20/h1-14H,15-16H2,(H,24,26). The number of hydrogen-bond acceptors (Lipinski definition) is 4. The quantitative estimate of drug-likeness (QED) is 0.392. The number of hydrogen-bond donors (Lipinski definition) is 1. The Morgan fingerprint density at radius 3 is 2.04 bits per heavy atom. The Balaban J connectivity index is 1.60. The van der Waals surface area contributed by atoms with Gasteiger partial charge in [0.2, 0.25) is 0 Å². The number of esters is 1. The number of ether oxygens (including phenoxy) is 1. The molecular weight excluding hydrogens is 467 g/mol. The van der Waals surface area contributed by atoms with Crippen LogP contribution < -0.4 is 10.2 Å². The van der Waals surface area contributed by atoms with Gasteiger partial charge in [-0.3, -0.25) is 9.59 Å². The van der Waals surface area contributed by atoms with Gasteiger partial charge in [0.05, 0.1) is 0 Å². The van der Waals surface area contributed by atoms with Gasteiger partial charge < -0.3 is 15.0 Å². The molecule has 0 aliphatic rings. The Morgan fingerprint density at radius 1 is 0.857 bits per heavy atom. The predicted molar refractivity (Wildman–Crippen MR) is 119 cm³/mol. The molecule has 0 fully saturated rings. The summed E-state index contributed by atoms with van der Waals surface area (Å²) in [5.74, 6) is -0.855. The van der Waals surface area contributed by atoms with Gasteiger partial charge >= 0.3 is 5.97 Å². The third-order valence-corrected chi connectivity index (χ3v) is 4.57. The lowest BCUT2D eigenvalue weighted by Crippen LogP contribution is -2.29. The van der Waals surface area contributed by atoms with Crippen LogP contribution >= 0.6 is 22.6 Å². The molecule has 0 spiro atoms. The summed E-state index contributed by atoms with van der Waals surface area (Å²) in [5.41, 5.74) is 2.41. The predicted octanol–water partition coefficient (Wildman–Crippen LogP) is 4.61. The summed E-state index contributed by atoms with van der Waals surface area (Å²) in [6, 6.07) is 26.6. The van der Waals surface area contributed by atoms with Crippen LogP contribution in [-0.4, -0.2) is 25.0 Å². The molecule has 0 aromatic heterocycles. The summed E-state index contributed by atoms with van der Waals surface area (Å²) < 4.78 is 6.19. The van der Waals surface area contributed by atoms with E-state index in [1.165, 1.54) is 0 Å². The van der Waals surface area contributed by atoms with Crippen LogP contribution in [0.3, 0.4) is 0 Å². The van der Waals surface area contributed by atoms with Gasteiger partial charge in [-0.15, -0.1) is 0 Å². The van der Waals surface area contributed by atoms with Crippen molar-refractivity contribution in [2.45, 2.75) is 0 Å². The summed E-state index contributed by atoms with van der Waals surface area (Å²) >= 11 is 2.17. The SMILES string of the molecule is O=C(COC(=O)CN(c1ccccc1)c1ccccc1)Nc1cccc(I)c1. The van der Waals surface area contributed by atoms with E-state index < -0.39 is 5.97 Å². The molecule has 0 aliphatic heterocycles. The third kappa shape index (κ3) is 5.82. The topological polar surface area (TPSA) is 58.6 Å². The lowest BCUT2D eigenvalue weighted by atomic mass is 10.2.